The van der Waals surface area contributed by atoms with E-state index in [0.717, 1.165) is 55.1 Å². The minimum absolute atomic E-state index is 0. The van der Waals surface area contributed by atoms with Crippen molar-refractivity contribution in [2.45, 2.75) is 105 Å². The number of hydrogen-bond acceptors (Lipinski definition) is 6. The number of nitrogens with one attached hydrogen (secondary N) is 2. The van der Waals surface area contributed by atoms with Gasteiger partial charge in [-0.15, -0.1) is 0 Å². The summed E-state index contributed by atoms with van der Waals surface area (Å²) in [5.41, 5.74) is 10.9. The molecule has 0 atom stereocenters. The van der Waals surface area contributed by atoms with Crippen LogP contribution in [0.3, 0.4) is 0 Å². The Morgan fingerprint density at radius 3 is 0.895 bits per heavy atom. The molecule has 5 heterocycles. The number of rotatable bonds is 0. The van der Waals surface area contributed by atoms with Crippen LogP contribution in [0.4, 0.5) is 0 Å². The van der Waals surface area contributed by atoms with Crippen molar-refractivity contribution in [2.24, 2.45) is 0 Å². The van der Waals surface area contributed by atoms with Gasteiger partial charge in [0.25, 0.3) is 0 Å². The zero-order valence-electron chi connectivity index (χ0n) is 34.9. The van der Waals surface area contributed by atoms with Crippen LogP contribution in [0.1, 0.15) is 105 Å². The van der Waals surface area contributed by atoms with Crippen LogP contribution in [0, 0.1) is 0 Å². The maximum Gasteiger partial charge on any atom is 0.164 e. The van der Waals surface area contributed by atoms with Crippen molar-refractivity contribution in [3.8, 4) is 45.6 Å². The first-order chi connectivity index (χ1) is 26.3. The van der Waals surface area contributed by atoms with Gasteiger partial charge < -0.3 is 9.97 Å². The van der Waals surface area contributed by atoms with Crippen LogP contribution >= 0.6 is 0 Å². The molecule has 3 aromatic heterocycles. The molecule has 7 aromatic rings. The van der Waals surface area contributed by atoms with Gasteiger partial charge in [-0.2, -0.15) is 0 Å². The number of fused-ring (bicyclic) bond motifs is 20. The average Bonchev–Trinajstić information content (AvgIpc) is 3.84. The van der Waals surface area contributed by atoms with Gasteiger partial charge in [0.15, 0.2) is 23.3 Å². The summed E-state index contributed by atoms with van der Waals surface area (Å²) in [6.45, 7) is 28.0. The second kappa shape index (κ2) is 12.9. The molecule has 8 nitrogen and oxygen atoms in total. The van der Waals surface area contributed by atoms with E-state index in [4.69, 9.17) is 29.9 Å². The molecule has 0 amide bonds. The molecule has 9 rings (SSSR count). The zero-order chi connectivity index (χ0) is 39.7. The topological polar surface area (TPSA) is 109 Å². The molecule has 2 aliphatic rings. The SMILES string of the molecule is CC(C)(C)c1c(C(C)(C)C)c(C(C)(C)C)c2c3nc4nc(nc5[nH]c(nc6nc(nc([nH]3)c2c1C(C)(C)C)-c1ccccc1-6)c1ccccc51)-c1ccccc1-4.[Cu]. The first-order valence-electron chi connectivity index (χ1n) is 19.7. The van der Waals surface area contributed by atoms with Gasteiger partial charge in [0.2, 0.25) is 0 Å². The zero-order valence-corrected chi connectivity index (χ0v) is 35.9. The van der Waals surface area contributed by atoms with Gasteiger partial charge in [-0.25, -0.2) is 29.9 Å². The first kappa shape index (κ1) is 38.6. The molecule has 0 saturated carbocycles. The second-order valence-electron chi connectivity index (χ2n) is 19.5. The second-order valence-corrected chi connectivity index (χ2v) is 19.5. The number of aromatic nitrogens is 8. The van der Waals surface area contributed by atoms with E-state index in [2.05, 4.69) is 129 Å². The van der Waals surface area contributed by atoms with Crippen LogP contribution in [0.15, 0.2) is 72.8 Å². The van der Waals surface area contributed by atoms with E-state index in [-0.39, 0.29) is 38.7 Å². The van der Waals surface area contributed by atoms with E-state index in [0.29, 0.717) is 34.6 Å². The molecule has 1 radical (unpaired) electrons. The Hall–Kier alpha value is -5.24. The van der Waals surface area contributed by atoms with Crippen molar-refractivity contribution in [2.75, 3.05) is 0 Å². The predicted octanol–water partition coefficient (Wildman–Crippen LogP) is 12.1. The molecule has 4 aromatic carbocycles. The van der Waals surface area contributed by atoms with Crippen molar-refractivity contribution in [3.05, 3.63) is 95.1 Å². The van der Waals surface area contributed by atoms with Crippen LogP contribution in [0.5, 0.6) is 0 Å². The summed E-state index contributed by atoms with van der Waals surface area (Å²) >= 11 is 0. The molecule has 0 fully saturated rings. The van der Waals surface area contributed by atoms with Gasteiger partial charge in [-0.3, -0.25) is 0 Å². The molecule has 2 aliphatic heterocycles. The summed E-state index contributed by atoms with van der Waals surface area (Å²) in [6.07, 6.45) is 0. The monoisotopic (exact) mass is 801 g/mol. The van der Waals surface area contributed by atoms with Gasteiger partial charge in [-0.05, 0) is 43.9 Å². The number of nitrogens with zero attached hydrogens (tertiary/aromatic N) is 6. The van der Waals surface area contributed by atoms with Crippen LogP contribution < -0.4 is 0 Å². The van der Waals surface area contributed by atoms with Gasteiger partial charge in [0, 0.05) is 60.9 Å². The van der Waals surface area contributed by atoms with E-state index in [1.54, 1.807) is 0 Å². The molecular formula is C48H50CuN8. The van der Waals surface area contributed by atoms with Crippen molar-refractivity contribution in [3.63, 3.8) is 0 Å². The van der Waals surface area contributed by atoms with E-state index in [1.807, 2.05) is 36.4 Å². The van der Waals surface area contributed by atoms with Crippen LogP contribution in [0.2, 0.25) is 0 Å². The van der Waals surface area contributed by atoms with Crippen molar-refractivity contribution < 1.29 is 17.1 Å². The maximum atomic E-state index is 5.53. The molecular weight excluding hydrogens is 752 g/mol. The predicted molar refractivity (Wildman–Crippen MR) is 231 cm³/mol. The largest absolute Gasteiger partial charge is 0.324 e. The Balaban J connectivity index is 0.00000455. The number of aromatic amines is 2. The Labute approximate surface area is 345 Å². The Bertz CT molecular complexity index is 2760. The molecule has 293 valence electrons. The van der Waals surface area contributed by atoms with Crippen LogP contribution in [-0.2, 0) is 38.7 Å². The van der Waals surface area contributed by atoms with Gasteiger partial charge in [0.05, 0.1) is 0 Å². The molecule has 2 N–H and O–H groups in total. The van der Waals surface area contributed by atoms with E-state index in [1.165, 1.54) is 22.3 Å². The molecule has 0 spiro atoms. The summed E-state index contributed by atoms with van der Waals surface area (Å²) in [6, 6.07) is 24.6. The summed E-state index contributed by atoms with van der Waals surface area (Å²) in [4.78, 5) is 39.2. The standard InChI is InChI=1S/C48H50N8.Cu/c1-45(2,3)33-31-32(34(46(4,5)6)36(48(10,11)12)35(33)47(7,8)9)44-55-42-30-24-18-16-22-28(30)40(53-42)51-38-26-20-14-13-19-25(26)37(49-38)50-39-27-21-15-17-23-29(27)41(52-39)54-43(31)56-44;/h13-24H,1-12H3,(H2,49,50,51,52,53,54,55,56);. The fraction of sp³-hybridized carbons (Fsp3) is 0.333. The minimum Gasteiger partial charge on any atom is -0.324 e. The van der Waals surface area contributed by atoms with Crippen molar-refractivity contribution in [1.82, 2.24) is 39.9 Å². The van der Waals surface area contributed by atoms with E-state index < -0.39 is 0 Å². The Morgan fingerprint density at radius 2 is 0.596 bits per heavy atom. The molecule has 8 bridgehead atoms. The van der Waals surface area contributed by atoms with Crippen LogP contribution in [0.25, 0.3) is 89.7 Å². The fourth-order valence-electron chi connectivity index (χ4n) is 8.90. The minimum atomic E-state index is -0.259. The molecule has 0 unspecified atom stereocenters. The fourth-order valence-corrected chi connectivity index (χ4v) is 8.90. The summed E-state index contributed by atoms with van der Waals surface area (Å²) < 4.78 is 0. The first-order valence-corrected chi connectivity index (χ1v) is 19.7. The van der Waals surface area contributed by atoms with Crippen LogP contribution in [-0.4, -0.2) is 39.9 Å². The number of benzene rings is 4. The summed E-state index contributed by atoms with van der Waals surface area (Å²) in [7, 11) is 0. The smallest absolute Gasteiger partial charge is 0.164 e. The van der Waals surface area contributed by atoms with E-state index >= 15 is 0 Å². The molecule has 9 heteroatoms. The third-order valence-electron chi connectivity index (χ3n) is 11.0. The number of H-pyrrole nitrogens is 2. The molecule has 0 saturated heterocycles. The van der Waals surface area contributed by atoms with Crippen molar-refractivity contribution in [1.29, 1.82) is 0 Å². The Morgan fingerprint density at radius 1 is 0.333 bits per heavy atom. The van der Waals surface area contributed by atoms with Crippen molar-refractivity contribution >= 4 is 44.1 Å². The molecule has 0 aliphatic carbocycles. The van der Waals surface area contributed by atoms with E-state index in [9.17, 15) is 0 Å². The average molecular weight is 803 g/mol. The maximum absolute atomic E-state index is 5.53. The number of hydrogen-bond donors (Lipinski definition) is 2. The van der Waals surface area contributed by atoms with Gasteiger partial charge >= 0.3 is 0 Å². The third kappa shape index (κ3) is 6.18. The van der Waals surface area contributed by atoms with Gasteiger partial charge in [-0.1, -0.05) is 156 Å². The molecule has 57 heavy (non-hydrogen) atoms. The van der Waals surface area contributed by atoms with Gasteiger partial charge in [0.1, 0.15) is 22.6 Å². The quantitative estimate of drug-likeness (QED) is 0.148. The Kier molecular flexibility index (Phi) is 8.73. The summed E-state index contributed by atoms with van der Waals surface area (Å²) in [5.74, 6) is 2.41. The normalized spacial score (nSPS) is 13.1. The third-order valence-corrected chi connectivity index (χ3v) is 11.0. The summed E-state index contributed by atoms with van der Waals surface area (Å²) in [5, 5.41) is 4.06.